The number of carbonyl (C=O) groups excluding carboxylic acids is 1. The van der Waals surface area contributed by atoms with Crippen LogP contribution in [0.4, 0.5) is 18.9 Å². The zero-order valence-corrected chi connectivity index (χ0v) is 19.7. The van der Waals surface area contributed by atoms with Gasteiger partial charge in [0.1, 0.15) is 11.9 Å². The summed E-state index contributed by atoms with van der Waals surface area (Å²) in [5.74, 6) is -1.94. The van der Waals surface area contributed by atoms with Gasteiger partial charge in [-0.05, 0) is 54.1 Å². The van der Waals surface area contributed by atoms with E-state index in [1.165, 1.54) is 16.9 Å². The van der Waals surface area contributed by atoms with Crippen LogP contribution in [0.3, 0.4) is 0 Å². The van der Waals surface area contributed by atoms with Gasteiger partial charge in [-0.2, -0.15) is 13.2 Å². The third-order valence-corrected chi connectivity index (χ3v) is 6.06. The average Bonchev–Trinajstić information content (AvgIpc) is 3.49. The van der Waals surface area contributed by atoms with E-state index in [1.54, 1.807) is 0 Å². The van der Waals surface area contributed by atoms with Gasteiger partial charge in [-0.3, -0.25) is 9.69 Å². The maximum absolute atomic E-state index is 12.2. The Bertz CT molecular complexity index is 1120. The third-order valence-electron chi connectivity index (χ3n) is 5.19. The lowest BCUT2D eigenvalue weighted by Crippen LogP contribution is -2.24. The molecule has 0 spiro atoms. The number of likely N-dealkylation sites (tertiary alicyclic amines) is 1. The number of nitrogens with one attached hydrogen (secondary N) is 1. The van der Waals surface area contributed by atoms with E-state index in [0.29, 0.717) is 4.88 Å². The Hall–Kier alpha value is -3.37. The lowest BCUT2D eigenvalue weighted by Gasteiger charge is -2.18. The van der Waals surface area contributed by atoms with Gasteiger partial charge in [-0.15, -0.1) is 11.3 Å². The van der Waals surface area contributed by atoms with E-state index in [2.05, 4.69) is 40.5 Å². The first-order valence-corrected chi connectivity index (χ1v) is 11.7. The van der Waals surface area contributed by atoms with Gasteiger partial charge in [0.2, 0.25) is 0 Å². The fraction of sp³-hybridized carbons (Fsp3) is 0.280. The van der Waals surface area contributed by atoms with Crippen molar-refractivity contribution < 1.29 is 32.6 Å². The molecular formula is C25H25F3N2O4S. The van der Waals surface area contributed by atoms with Crippen molar-refractivity contribution in [3.8, 4) is 5.75 Å². The van der Waals surface area contributed by atoms with Crippen molar-refractivity contribution in [3.63, 3.8) is 0 Å². The van der Waals surface area contributed by atoms with E-state index in [-0.39, 0.29) is 12.0 Å². The van der Waals surface area contributed by atoms with E-state index in [0.717, 1.165) is 43.1 Å². The van der Waals surface area contributed by atoms with Crippen molar-refractivity contribution >= 4 is 28.9 Å². The SMILES string of the molecule is Cc1cc(NC(=O)c2cccs2)ccc1OC1CCN(Cc2ccccc2)C1.O=C(O)C(F)(F)F. The molecule has 1 unspecified atom stereocenters. The number of thiophene rings is 1. The maximum atomic E-state index is 12.2. The summed E-state index contributed by atoms with van der Waals surface area (Å²) in [6.07, 6.45) is -3.85. The molecule has 35 heavy (non-hydrogen) atoms. The van der Waals surface area contributed by atoms with E-state index in [9.17, 15) is 18.0 Å². The number of aryl methyl sites for hydroxylation is 1. The molecule has 0 saturated carbocycles. The number of halogens is 3. The van der Waals surface area contributed by atoms with Crippen LogP contribution in [0.25, 0.3) is 0 Å². The van der Waals surface area contributed by atoms with Crippen LogP contribution in [-0.4, -0.2) is 47.3 Å². The van der Waals surface area contributed by atoms with Crippen molar-refractivity contribution in [2.75, 3.05) is 18.4 Å². The molecule has 0 bridgehead atoms. The van der Waals surface area contributed by atoms with Crippen molar-refractivity contribution in [2.24, 2.45) is 0 Å². The lowest BCUT2D eigenvalue weighted by atomic mass is 10.2. The molecule has 4 rings (SSSR count). The summed E-state index contributed by atoms with van der Waals surface area (Å²) in [5.41, 5.74) is 3.16. The Labute approximate surface area is 205 Å². The van der Waals surface area contributed by atoms with Crippen molar-refractivity contribution in [1.29, 1.82) is 0 Å². The van der Waals surface area contributed by atoms with Gasteiger partial charge in [0.05, 0.1) is 4.88 Å². The Morgan fingerprint density at radius 1 is 1.14 bits per heavy atom. The van der Waals surface area contributed by atoms with Gasteiger partial charge in [0.25, 0.3) is 5.91 Å². The fourth-order valence-electron chi connectivity index (χ4n) is 3.52. The van der Waals surface area contributed by atoms with Gasteiger partial charge >= 0.3 is 12.1 Å². The minimum absolute atomic E-state index is 0.0737. The summed E-state index contributed by atoms with van der Waals surface area (Å²) in [5, 5.41) is 12.0. The molecule has 1 aliphatic heterocycles. The minimum Gasteiger partial charge on any atom is -0.489 e. The smallest absolute Gasteiger partial charge is 0.489 e. The number of anilines is 1. The molecular weight excluding hydrogens is 481 g/mol. The molecule has 0 aliphatic carbocycles. The zero-order valence-electron chi connectivity index (χ0n) is 18.9. The van der Waals surface area contributed by atoms with Crippen LogP contribution < -0.4 is 10.1 Å². The molecule has 1 aromatic heterocycles. The number of benzene rings is 2. The lowest BCUT2D eigenvalue weighted by molar-refractivity contribution is -0.192. The molecule has 1 amide bonds. The van der Waals surface area contributed by atoms with Crippen LogP contribution in [0, 0.1) is 6.92 Å². The van der Waals surface area contributed by atoms with E-state index >= 15 is 0 Å². The van der Waals surface area contributed by atoms with Crippen LogP contribution in [-0.2, 0) is 11.3 Å². The number of carboxylic acids is 1. The molecule has 186 valence electrons. The number of alkyl halides is 3. The molecule has 10 heteroatoms. The summed E-state index contributed by atoms with van der Waals surface area (Å²) in [6.45, 7) is 4.97. The molecule has 2 aromatic carbocycles. The molecule has 1 fully saturated rings. The van der Waals surface area contributed by atoms with Crippen LogP contribution in [0.15, 0.2) is 66.0 Å². The highest BCUT2D eigenvalue weighted by Gasteiger charge is 2.38. The summed E-state index contributed by atoms with van der Waals surface area (Å²) in [7, 11) is 0. The monoisotopic (exact) mass is 506 g/mol. The molecule has 6 nitrogen and oxygen atoms in total. The van der Waals surface area contributed by atoms with Gasteiger partial charge in [-0.1, -0.05) is 36.4 Å². The number of rotatable bonds is 6. The second-order valence-corrected chi connectivity index (χ2v) is 8.91. The maximum Gasteiger partial charge on any atom is 0.490 e. The molecule has 1 aliphatic rings. The summed E-state index contributed by atoms with van der Waals surface area (Å²) >= 11 is 1.44. The number of nitrogens with zero attached hydrogens (tertiary/aromatic N) is 1. The molecule has 3 aromatic rings. The van der Waals surface area contributed by atoms with Gasteiger partial charge in [-0.25, -0.2) is 4.79 Å². The molecule has 2 heterocycles. The molecule has 1 atom stereocenters. The number of amides is 1. The second kappa shape index (κ2) is 11.9. The van der Waals surface area contributed by atoms with E-state index in [1.807, 2.05) is 42.6 Å². The van der Waals surface area contributed by atoms with Crippen molar-refractivity contribution in [2.45, 2.75) is 32.2 Å². The highest BCUT2D eigenvalue weighted by molar-refractivity contribution is 7.12. The highest BCUT2D eigenvalue weighted by atomic mass is 32.1. The second-order valence-electron chi connectivity index (χ2n) is 7.96. The van der Waals surface area contributed by atoms with Crippen molar-refractivity contribution in [1.82, 2.24) is 4.90 Å². The quantitative estimate of drug-likeness (QED) is 0.455. The summed E-state index contributed by atoms with van der Waals surface area (Å²) in [4.78, 5) is 24.2. The average molecular weight is 507 g/mol. The Morgan fingerprint density at radius 3 is 2.46 bits per heavy atom. The first-order chi connectivity index (χ1) is 16.6. The van der Waals surface area contributed by atoms with Crippen LogP contribution in [0.2, 0.25) is 0 Å². The number of hydrogen-bond donors (Lipinski definition) is 2. The van der Waals surface area contributed by atoms with E-state index in [4.69, 9.17) is 14.6 Å². The molecule has 0 radical (unpaired) electrons. The number of ether oxygens (including phenoxy) is 1. The first kappa shape index (κ1) is 26.2. The standard InChI is InChI=1S/C23H24N2O2S.C2HF3O2/c1-17-14-19(24-23(26)22-8-5-13-28-22)9-10-21(17)27-20-11-12-25(16-20)15-18-6-3-2-4-7-18;3-2(4,5)1(6)7/h2-10,13-14,20H,11-12,15-16H2,1H3,(H,24,26);(H,6,7). The van der Waals surface area contributed by atoms with Crippen LogP contribution in [0.5, 0.6) is 5.75 Å². The summed E-state index contributed by atoms with van der Waals surface area (Å²) in [6, 6.07) is 20.1. The van der Waals surface area contributed by atoms with E-state index < -0.39 is 12.1 Å². The number of carboxylic acid groups (broad SMARTS) is 1. The topological polar surface area (TPSA) is 78.9 Å². The summed E-state index contributed by atoms with van der Waals surface area (Å²) < 4.78 is 38.0. The molecule has 2 N–H and O–H groups in total. The number of hydrogen-bond acceptors (Lipinski definition) is 5. The van der Waals surface area contributed by atoms with Crippen LogP contribution in [0.1, 0.15) is 27.2 Å². The normalized spacial score (nSPS) is 15.7. The Kier molecular flexibility index (Phi) is 8.89. The first-order valence-electron chi connectivity index (χ1n) is 10.8. The Morgan fingerprint density at radius 2 is 1.86 bits per heavy atom. The Balaban J connectivity index is 0.000000429. The van der Waals surface area contributed by atoms with Gasteiger partial charge in [0.15, 0.2) is 0 Å². The minimum atomic E-state index is -5.08. The molecule has 1 saturated heterocycles. The van der Waals surface area contributed by atoms with Crippen LogP contribution >= 0.6 is 11.3 Å². The van der Waals surface area contributed by atoms with Gasteiger partial charge < -0.3 is 15.2 Å². The third kappa shape index (κ3) is 8.11. The zero-order chi connectivity index (χ0) is 25.4. The predicted molar refractivity (Wildman–Crippen MR) is 128 cm³/mol. The fourth-order valence-corrected chi connectivity index (χ4v) is 4.14. The van der Waals surface area contributed by atoms with Gasteiger partial charge in [0, 0.05) is 25.3 Å². The number of carbonyl (C=O) groups is 2. The predicted octanol–water partition coefficient (Wildman–Crippen LogP) is 5.60. The van der Waals surface area contributed by atoms with Crippen molar-refractivity contribution in [3.05, 3.63) is 82.0 Å². The highest BCUT2D eigenvalue weighted by Crippen LogP contribution is 2.26. The largest absolute Gasteiger partial charge is 0.490 e. The number of aliphatic carboxylic acids is 1.